The van der Waals surface area contributed by atoms with Gasteiger partial charge in [0.2, 0.25) is 11.8 Å². The van der Waals surface area contributed by atoms with E-state index in [-0.39, 0.29) is 30.2 Å². The molecule has 1 aliphatic rings. The maximum atomic E-state index is 13.3. The Morgan fingerprint density at radius 3 is 2.45 bits per heavy atom. The Hall–Kier alpha value is -2.93. The van der Waals surface area contributed by atoms with Gasteiger partial charge in [-0.05, 0) is 37.6 Å². The number of thioether (sulfide) groups is 1. The fourth-order valence-corrected chi connectivity index (χ4v) is 4.51. The summed E-state index contributed by atoms with van der Waals surface area (Å²) in [6.45, 7) is 4.30. The summed E-state index contributed by atoms with van der Waals surface area (Å²) >= 11 is 1.38. The van der Waals surface area contributed by atoms with E-state index in [9.17, 15) is 14.4 Å². The molecule has 0 N–H and O–H groups in total. The van der Waals surface area contributed by atoms with Crippen LogP contribution in [0.15, 0.2) is 52.4 Å². The van der Waals surface area contributed by atoms with Crippen molar-refractivity contribution in [1.29, 1.82) is 0 Å². The third-order valence-corrected chi connectivity index (χ3v) is 5.96. The summed E-state index contributed by atoms with van der Waals surface area (Å²) in [6, 6.07) is 13.2. The van der Waals surface area contributed by atoms with Crippen LogP contribution in [-0.2, 0) is 9.59 Å². The first-order valence-corrected chi connectivity index (χ1v) is 10.5. The molecular formula is C22H21N3O3S. The smallest absolute Gasteiger partial charge is 0.266 e. The van der Waals surface area contributed by atoms with Crippen LogP contribution in [0.1, 0.15) is 24.0 Å². The first-order chi connectivity index (χ1) is 14.0. The van der Waals surface area contributed by atoms with E-state index in [0.29, 0.717) is 28.4 Å². The second kappa shape index (κ2) is 7.83. The van der Waals surface area contributed by atoms with Gasteiger partial charge < -0.3 is 0 Å². The van der Waals surface area contributed by atoms with Crippen LogP contribution in [0.3, 0.4) is 0 Å². The van der Waals surface area contributed by atoms with Gasteiger partial charge in [0.1, 0.15) is 0 Å². The molecule has 2 heterocycles. The van der Waals surface area contributed by atoms with Crippen molar-refractivity contribution in [1.82, 2.24) is 14.5 Å². The van der Waals surface area contributed by atoms with Crippen molar-refractivity contribution in [2.24, 2.45) is 0 Å². The molecule has 6 nitrogen and oxygen atoms in total. The highest BCUT2D eigenvalue weighted by atomic mass is 32.2. The first-order valence-electron chi connectivity index (χ1n) is 9.51. The molecule has 29 heavy (non-hydrogen) atoms. The van der Waals surface area contributed by atoms with Gasteiger partial charge in [-0.25, -0.2) is 4.98 Å². The number of para-hydroxylation sites is 1. The predicted octanol–water partition coefficient (Wildman–Crippen LogP) is 3.24. The number of hydrogen-bond acceptors (Lipinski definition) is 5. The van der Waals surface area contributed by atoms with Crippen LogP contribution in [-0.4, -0.2) is 38.6 Å². The molecule has 0 saturated carbocycles. The first kappa shape index (κ1) is 19.4. The third kappa shape index (κ3) is 3.70. The molecule has 4 rings (SSSR count). The molecule has 0 atom stereocenters. The lowest BCUT2D eigenvalue weighted by molar-refractivity contribution is -0.137. The van der Waals surface area contributed by atoms with Gasteiger partial charge in [-0.15, -0.1) is 0 Å². The number of carbonyl (C=O) groups is 2. The Balaban J connectivity index is 1.74. The lowest BCUT2D eigenvalue weighted by Gasteiger charge is -2.17. The summed E-state index contributed by atoms with van der Waals surface area (Å²) in [5.41, 5.74) is 3.40. The van der Waals surface area contributed by atoms with Crippen LogP contribution in [0.25, 0.3) is 16.6 Å². The standard InChI is InChI=1S/C22H21N3O3S/c1-14-7-8-18(15(2)13-14)25-21(28)16-5-3-4-6-17(16)23-22(25)29-12-11-24-19(26)9-10-20(24)27/h3-8,13H,9-12H2,1-2H3. The summed E-state index contributed by atoms with van der Waals surface area (Å²) in [5.74, 6) is 0.218. The van der Waals surface area contributed by atoms with Crippen LogP contribution < -0.4 is 5.56 Å². The van der Waals surface area contributed by atoms with E-state index < -0.39 is 0 Å². The van der Waals surface area contributed by atoms with E-state index in [1.54, 1.807) is 10.6 Å². The molecular weight excluding hydrogens is 386 g/mol. The van der Waals surface area contributed by atoms with E-state index in [4.69, 9.17) is 4.98 Å². The number of fused-ring (bicyclic) bond motifs is 1. The van der Waals surface area contributed by atoms with E-state index in [1.807, 2.05) is 50.2 Å². The summed E-state index contributed by atoms with van der Waals surface area (Å²) in [6.07, 6.45) is 0.565. The number of amides is 2. The molecule has 0 aliphatic carbocycles. The number of likely N-dealkylation sites (tertiary alicyclic amines) is 1. The minimum Gasteiger partial charge on any atom is -0.282 e. The van der Waals surface area contributed by atoms with Crippen molar-refractivity contribution in [3.05, 3.63) is 63.9 Å². The summed E-state index contributed by atoms with van der Waals surface area (Å²) < 4.78 is 1.63. The molecule has 7 heteroatoms. The SMILES string of the molecule is Cc1ccc(-n2c(SCCN3C(=O)CCC3=O)nc3ccccc3c2=O)c(C)c1. The van der Waals surface area contributed by atoms with Crippen molar-refractivity contribution in [3.63, 3.8) is 0 Å². The number of benzene rings is 2. The van der Waals surface area contributed by atoms with E-state index >= 15 is 0 Å². The number of hydrogen-bond donors (Lipinski definition) is 0. The van der Waals surface area contributed by atoms with E-state index in [0.717, 1.165) is 16.8 Å². The van der Waals surface area contributed by atoms with Crippen molar-refractivity contribution in [2.75, 3.05) is 12.3 Å². The molecule has 1 fully saturated rings. The van der Waals surface area contributed by atoms with Crippen LogP contribution in [0.4, 0.5) is 0 Å². The highest BCUT2D eigenvalue weighted by Gasteiger charge is 2.28. The number of carbonyl (C=O) groups excluding carboxylic acids is 2. The normalized spacial score (nSPS) is 14.2. The Labute approximate surface area is 172 Å². The van der Waals surface area contributed by atoms with Crippen molar-refractivity contribution >= 4 is 34.5 Å². The van der Waals surface area contributed by atoms with Gasteiger partial charge in [-0.3, -0.25) is 23.9 Å². The molecule has 2 amide bonds. The van der Waals surface area contributed by atoms with Crippen LogP contribution >= 0.6 is 11.8 Å². The largest absolute Gasteiger partial charge is 0.282 e. The Morgan fingerprint density at radius 2 is 1.72 bits per heavy atom. The highest BCUT2D eigenvalue weighted by molar-refractivity contribution is 7.99. The fourth-order valence-electron chi connectivity index (χ4n) is 3.58. The molecule has 1 saturated heterocycles. The number of imide groups is 1. The van der Waals surface area contributed by atoms with Crippen molar-refractivity contribution in [2.45, 2.75) is 31.8 Å². The van der Waals surface area contributed by atoms with Crippen molar-refractivity contribution < 1.29 is 9.59 Å². The zero-order valence-electron chi connectivity index (χ0n) is 16.3. The van der Waals surface area contributed by atoms with Crippen LogP contribution in [0.5, 0.6) is 0 Å². The molecule has 3 aromatic rings. The van der Waals surface area contributed by atoms with Gasteiger partial charge in [-0.2, -0.15) is 0 Å². The number of aromatic nitrogens is 2. The second-order valence-electron chi connectivity index (χ2n) is 7.13. The second-order valence-corrected chi connectivity index (χ2v) is 8.19. The molecule has 0 unspecified atom stereocenters. The molecule has 0 bridgehead atoms. The Bertz CT molecular complexity index is 1170. The monoisotopic (exact) mass is 407 g/mol. The van der Waals surface area contributed by atoms with Crippen molar-refractivity contribution in [3.8, 4) is 5.69 Å². The fraction of sp³-hybridized carbons (Fsp3) is 0.273. The average molecular weight is 407 g/mol. The van der Waals surface area contributed by atoms with Gasteiger partial charge in [-0.1, -0.05) is 41.6 Å². The minimum atomic E-state index is -0.131. The van der Waals surface area contributed by atoms with Gasteiger partial charge in [0.05, 0.1) is 16.6 Å². The number of nitrogens with zero attached hydrogens (tertiary/aromatic N) is 3. The van der Waals surface area contributed by atoms with Gasteiger partial charge in [0, 0.05) is 25.1 Å². The molecule has 1 aromatic heterocycles. The predicted molar refractivity (Wildman–Crippen MR) is 113 cm³/mol. The third-order valence-electron chi connectivity index (χ3n) is 5.04. The maximum Gasteiger partial charge on any atom is 0.266 e. The Kier molecular flexibility index (Phi) is 5.24. The zero-order chi connectivity index (χ0) is 20.5. The van der Waals surface area contributed by atoms with Crippen LogP contribution in [0, 0.1) is 13.8 Å². The lowest BCUT2D eigenvalue weighted by Crippen LogP contribution is -2.31. The summed E-state index contributed by atoms with van der Waals surface area (Å²) in [7, 11) is 0. The lowest BCUT2D eigenvalue weighted by atomic mass is 10.1. The molecule has 1 aliphatic heterocycles. The van der Waals surface area contributed by atoms with Gasteiger partial charge >= 0.3 is 0 Å². The van der Waals surface area contributed by atoms with Crippen LogP contribution in [0.2, 0.25) is 0 Å². The molecule has 0 radical (unpaired) electrons. The summed E-state index contributed by atoms with van der Waals surface area (Å²) in [5, 5.41) is 1.11. The average Bonchev–Trinajstić information content (AvgIpc) is 3.01. The number of rotatable bonds is 5. The molecule has 148 valence electrons. The molecule has 2 aromatic carbocycles. The molecule has 0 spiro atoms. The quantitative estimate of drug-likeness (QED) is 0.369. The number of aryl methyl sites for hydroxylation is 2. The zero-order valence-corrected chi connectivity index (χ0v) is 17.2. The highest BCUT2D eigenvalue weighted by Crippen LogP contribution is 2.24. The van der Waals surface area contributed by atoms with E-state index in [2.05, 4.69) is 0 Å². The van der Waals surface area contributed by atoms with Gasteiger partial charge in [0.15, 0.2) is 5.16 Å². The Morgan fingerprint density at radius 1 is 1.00 bits per heavy atom. The van der Waals surface area contributed by atoms with E-state index in [1.165, 1.54) is 16.7 Å². The maximum absolute atomic E-state index is 13.3. The summed E-state index contributed by atoms with van der Waals surface area (Å²) in [4.78, 5) is 43.0. The topological polar surface area (TPSA) is 72.3 Å². The van der Waals surface area contributed by atoms with Gasteiger partial charge in [0.25, 0.3) is 5.56 Å². The minimum absolute atomic E-state index is 0.127.